The van der Waals surface area contributed by atoms with Gasteiger partial charge < -0.3 is 9.47 Å². The molecule has 0 N–H and O–H groups in total. The fourth-order valence-electron chi connectivity index (χ4n) is 1.17. The SMILES string of the molecule is CC.Cc1ccc2c(c1)OC(F)(F)C(F)(F)O2. The highest BCUT2D eigenvalue weighted by molar-refractivity contribution is 5.44. The van der Waals surface area contributed by atoms with Gasteiger partial charge in [-0.05, 0) is 24.6 Å². The Morgan fingerprint density at radius 1 is 0.882 bits per heavy atom. The second kappa shape index (κ2) is 4.43. The van der Waals surface area contributed by atoms with Gasteiger partial charge in [-0.2, -0.15) is 17.6 Å². The molecular formula is C11H12F4O2. The monoisotopic (exact) mass is 252 g/mol. The molecular weight excluding hydrogens is 240 g/mol. The van der Waals surface area contributed by atoms with Gasteiger partial charge in [0.15, 0.2) is 11.5 Å². The van der Waals surface area contributed by atoms with Crippen molar-refractivity contribution in [2.75, 3.05) is 0 Å². The molecule has 0 atom stereocenters. The van der Waals surface area contributed by atoms with Crippen molar-refractivity contribution in [1.29, 1.82) is 0 Å². The molecule has 6 heteroatoms. The molecule has 0 unspecified atom stereocenters. The summed E-state index contributed by atoms with van der Waals surface area (Å²) in [6, 6.07) is 3.83. The van der Waals surface area contributed by atoms with Gasteiger partial charge in [0.2, 0.25) is 0 Å². The quantitative estimate of drug-likeness (QED) is 0.650. The van der Waals surface area contributed by atoms with Gasteiger partial charge in [0.1, 0.15) is 0 Å². The van der Waals surface area contributed by atoms with Gasteiger partial charge >= 0.3 is 12.2 Å². The summed E-state index contributed by atoms with van der Waals surface area (Å²) in [5, 5.41) is 0. The largest absolute Gasteiger partial charge is 0.507 e. The van der Waals surface area contributed by atoms with E-state index in [1.54, 1.807) is 6.92 Å². The fraction of sp³-hybridized carbons (Fsp3) is 0.455. The Hall–Kier alpha value is -1.46. The molecule has 1 aromatic rings. The Morgan fingerprint density at radius 2 is 1.35 bits per heavy atom. The summed E-state index contributed by atoms with van der Waals surface area (Å²) in [5.74, 6) is -0.776. The molecule has 2 rings (SSSR count). The first-order valence-electron chi connectivity index (χ1n) is 5.06. The Balaban J connectivity index is 0.000000686. The predicted molar refractivity (Wildman–Crippen MR) is 53.7 cm³/mol. The number of halogens is 4. The van der Waals surface area contributed by atoms with Crippen LogP contribution in [0.5, 0.6) is 11.5 Å². The van der Waals surface area contributed by atoms with Gasteiger partial charge in [-0.15, -0.1) is 0 Å². The van der Waals surface area contributed by atoms with Crippen LogP contribution in [0.4, 0.5) is 17.6 Å². The maximum atomic E-state index is 12.7. The third kappa shape index (κ3) is 2.45. The molecule has 2 nitrogen and oxygen atoms in total. The lowest BCUT2D eigenvalue weighted by Gasteiger charge is -2.31. The lowest BCUT2D eigenvalue weighted by molar-refractivity contribution is -0.391. The number of benzene rings is 1. The zero-order chi connectivity index (χ0) is 13.3. The Kier molecular flexibility index (Phi) is 3.54. The molecule has 0 saturated carbocycles. The average molecular weight is 252 g/mol. The molecule has 1 aliphatic heterocycles. The second-order valence-electron chi connectivity index (χ2n) is 3.19. The summed E-state index contributed by atoms with van der Waals surface area (Å²) in [6.07, 6.45) is -9.29. The first-order chi connectivity index (χ1) is 7.82. The molecule has 0 radical (unpaired) electrons. The highest BCUT2D eigenvalue weighted by atomic mass is 19.3. The molecule has 0 spiro atoms. The van der Waals surface area contributed by atoms with Crippen molar-refractivity contribution in [2.24, 2.45) is 0 Å². The van der Waals surface area contributed by atoms with E-state index in [-0.39, 0.29) is 5.75 Å². The summed E-state index contributed by atoms with van der Waals surface area (Å²) in [5.41, 5.74) is 0.610. The molecule has 0 aliphatic carbocycles. The van der Waals surface area contributed by atoms with Crippen LogP contribution in [0, 0.1) is 6.92 Å². The van der Waals surface area contributed by atoms with Gasteiger partial charge in [-0.3, -0.25) is 0 Å². The van der Waals surface area contributed by atoms with Crippen LogP contribution in [-0.2, 0) is 0 Å². The number of hydrogen-bond donors (Lipinski definition) is 0. The summed E-state index contributed by atoms with van der Waals surface area (Å²) in [6.45, 7) is 5.62. The van der Waals surface area contributed by atoms with Crippen molar-refractivity contribution >= 4 is 0 Å². The van der Waals surface area contributed by atoms with E-state index in [0.717, 1.165) is 6.07 Å². The van der Waals surface area contributed by atoms with Gasteiger partial charge in [0.05, 0.1) is 0 Å². The van der Waals surface area contributed by atoms with Crippen LogP contribution in [-0.4, -0.2) is 12.2 Å². The van der Waals surface area contributed by atoms with Crippen LogP contribution in [0.3, 0.4) is 0 Å². The Bertz CT molecular complexity index is 404. The number of rotatable bonds is 0. The number of fused-ring (bicyclic) bond motifs is 1. The predicted octanol–water partition coefficient (Wildman–Crippen LogP) is 3.98. The van der Waals surface area contributed by atoms with E-state index in [1.165, 1.54) is 12.1 Å². The van der Waals surface area contributed by atoms with Crippen LogP contribution >= 0.6 is 0 Å². The summed E-state index contributed by atoms with van der Waals surface area (Å²) < 4.78 is 58.5. The lowest BCUT2D eigenvalue weighted by Crippen LogP contribution is -2.52. The van der Waals surface area contributed by atoms with E-state index in [9.17, 15) is 17.6 Å². The summed E-state index contributed by atoms with van der Waals surface area (Å²) >= 11 is 0. The van der Waals surface area contributed by atoms with Crippen LogP contribution in [0.2, 0.25) is 0 Å². The number of alkyl halides is 4. The Morgan fingerprint density at radius 3 is 1.88 bits per heavy atom. The maximum Gasteiger partial charge on any atom is 0.507 e. The molecule has 0 saturated heterocycles. The van der Waals surface area contributed by atoms with Crippen LogP contribution in [0.1, 0.15) is 19.4 Å². The van der Waals surface area contributed by atoms with E-state index in [0.29, 0.717) is 5.56 Å². The topological polar surface area (TPSA) is 18.5 Å². The van der Waals surface area contributed by atoms with Gasteiger partial charge in [0.25, 0.3) is 0 Å². The summed E-state index contributed by atoms with van der Waals surface area (Å²) in [7, 11) is 0. The number of ether oxygens (including phenoxy) is 2. The first-order valence-corrected chi connectivity index (χ1v) is 5.06. The average Bonchev–Trinajstić information content (AvgIpc) is 2.23. The highest BCUT2D eigenvalue weighted by Crippen LogP contribution is 2.46. The van der Waals surface area contributed by atoms with E-state index < -0.39 is 18.0 Å². The molecule has 1 aliphatic rings. The van der Waals surface area contributed by atoms with E-state index >= 15 is 0 Å². The molecule has 0 aromatic heterocycles. The molecule has 17 heavy (non-hydrogen) atoms. The molecule has 1 heterocycles. The van der Waals surface area contributed by atoms with Crippen molar-refractivity contribution < 1.29 is 27.0 Å². The molecule has 0 bridgehead atoms. The van der Waals surface area contributed by atoms with Crippen LogP contribution < -0.4 is 9.47 Å². The van der Waals surface area contributed by atoms with Crippen molar-refractivity contribution in [3.63, 3.8) is 0 Å². The van der Waals surface area contributed by atoms with Gasteiger partial charge in [-0.25, -0.2) is 0 Å². The van der Waals surface area contributed by atoms with Gasteiger partial charge in [0, 0.05) is 0 Å². The fourth-order valence-corrected chi connectivity index (χ4v) is 1.17. The third-order valence-corrected chi connectivity index (χ3v) is 1.91. The summed E-state index contributed by atoms with van der Waals surface area (Å²) in [4.78, 5) is 0. The molecule has 1 aromatic carbocycles. The number of hydrogen-bond acceptors (Lipinski definition) is 2. The van der Waals surface area contributed by atoms with Crippen molar-refractivity contribution in [2.45, 2.75) is 33.0 Å². The van der Waals surface area contributed by atoms with Crippen molar-refractivity contribution in [1.82, 2.24) is 0 Å². The minimum absolute atomic E-state index is 0.383. The first kappa shape index (κ1) is 13.6. The molecule has 0 amide bonds. The van der Waals surface area contributed by atoms with Crippen molar-refractivity contribution in [3.05, 3.63) is 23.8 Å². The molecule has 0 fully saturated rings. The number of aryl methyl sites for hydroxylation is 1. The zero-order valence-electron chi connectivity index (χ0n) is 9.56. The van der Waals surface area contributed by atoms with E-state index in [1.807, 2.05) is 13.8 Å². The minimum Gasteiger partial charge on any atom is -0.421 e. The Labute approximate surface area is 96.1 Å². The van der Waals surface area contributed by atoms with Crippen molar-refractivity contribution in [3.8, 4) is 11.5 Å². The van der Waals surface area contributed by atoms with Gasteiger partial charge in [-0.1, -0.05) is 19.9 Å². The van der Waals surface area contributed by atoms with E-state index in [2.05, 4.69) is 9.47 Å². The standard InChI is InChI=1S/C9H6F4O2.C2H6/c1-5-2-3-6-7(4-5)15-9(12,13)8(10,11)14-6;1-2/h2-4H,1H3;1-2H3. The third-order valence-electron chi connectivity index (χ3n) is 1.91. The normalized spacial score (nSPS) is 19.0. The van der Waals surface area contributed by atoms with E-state index in [4.69, 9.17) is 0 Å². The zero-order valence-corrected chi connectivity index (χ0v) is 9.56. The second-order valence-corrected chi connectivity index (χ2v) is 3.19. The van der Waals surface area contributed by atoms with Crippen LogP contribution in [0.25, 0.3) is 0 Å². The minimum atomic E-state index is -4.65. The lowest BCUT2D eigenvalue weighted by atomic mass is 10.2. The molecule has 96 valence electrons. The maximum absolute atomic E-state index is 12.7. The van der Waals surface area contributed by atoms with Crippen LogP contribution in [0.15, 0.2) is 18.2 Å². The smallest absolute Gasteiger partial charge is 0.421 e. The highest BCUT2D eigenvalue weighted by Gasteiger charge is 2.65.